The van der Waals surface area contributed by atoms with E-state index in [9.17, 15) is 9.18 Å². The first-order chi connectivity index (χ1) is 15.1. The van der Waals surface area contributed by atoms with Gasteiger partial charge in [-0.1, -0.05) is 30.3 Å². The Bertz CT molecular complexity index is 1160. The van der Waals surface area contributed by atoms with Crippen LogP contribution in [0, 0.1) is 11.7 Å². The molecule has 160 valence electrons. The van der Waals surface area contributed by atoms with Crippen molar-refractivity contribution in [2.45, 2.75) is 32.9 Å². The van der Waals surface area contributed by atoms with E-state index in [-0.39, 0.29) is 23.7 Å². The average Bonchev–Trinajstić information content (AvgIpc) is 3.19. The van der Waals surface area contributed by atoms with Gasteiger partial charge in [0.1, 0.15) is 5.82 Å². The van der Waals surface area contributed by atoms with E-state index in [1.165, 1.54) is 28.2 Å². The number of halogens is 1. The number of hydrogen-bond donors (Lipinski definition) is 1. The van der Waals surface area contributed by atoms with Crippen molar-refractivity contribution in [3.63, 3.8) is 0 Å². The Morgan fingerprint density at radius 1 is 1.19 bits per heavy atom. The molecule has 2 aromatic carbocycles. The SMILES string of the molecule is CCN(CC)C(=O)[C@@H]1C=C2c3cccc4[nH]cc(c34)C[C@H]2N(Cc2cccc(F)c2)C1. The predicted molar refractivity (Wildman–Crippen MR) is 122 cm³/mol. The second kappa shape index (κ2) is 7.97. The fourth-order valence-electron chi connectivity index (χ4n) is 5.29. The summed E-state index contributed by atoms with van der Waals surface area (Å²) in [4.78, 5) is 21.0. The standard InChI is InChI=1S/C26H28FN3O/c1-3-29(4-2)26(31)19-12-22-21-9-6-10-23-25(21)18(14-28-23)13-24(22)30(16-19)15-17-7-5-8-20(27)11-17/h5-12,14,19,24,28H,3-4,13,15-16H2,1-2H3/t19-,24-/m1/s1. The van der Waals surface area contributed by atoms with Gasteiger partial charge in [0.15, 0.2) is 0 Å². The molecule has 1 aliphatic carbocycles. The minimum absolute atomic E-state index is 0.173. The quantitative estimate of drug-likeness (QED) is 0.658. The summed E-state index contributed by atoms with van der Waals surface area (Å²) >= 11 is 0. The highest BCUT2D eigenvalue weighted by atomic mass is 19.1. The largest absolute Gasteiger partial charge is 0.361 e. The van der Waals surface area contributed by atoms with Crippen LogP contribution in [0.2, 0.25) is 0 Å². The van der Waals surface area contributed by atoms with Crippen LogP contribution in [0.3, 0.4) is 0 Å². The van der Waals surface area contributed by atoms with Crippen LogP contribution >= 0.6 is 0 Å². The molecule has 1 aromatic heterocycles. The van der Waals surface area contributed by atoms with Gasteiger partial charge in [0.2, 0.25) is 5.91 Å². The van der Waals surface area contributed by atoms with Gasteiger partial charge < -0.3 is 9.88 Å². The van der Waals surface area contributed by atoms with Crippen molar-refractivity contribution in [3.05, 3.63) is 77.2 Å². The number of nitrogens with one attached hydrogen (secondary N) is 1. The van der Waals surface area contributed by atoms with Crippen molar-refractivity contribution in [3.8, 4) is 0 Å². The van der Waals surface area contributed by atoms with Crippen molar-refractivity contribution < 1.29 is 9.18 Å². The number of benzene rings is 2. The van der Waals surface area contributed by atoms with Gasteiger partial charge in [0.05, 0.1) is 5.92 Å². The summed E-state index contributed by atoms with van der Waals surface area (Å²) in [5.41, 5.74) is 5.83. The Labute approximate surface area is 182 Å². The molecule has 1 aliphatic heterocycles. The van der Waals surface area contributed by atoms with E-state index in [1.807, 2.05) is 24.8 Å². The Balaban J connectivity index is 1.58. The van der Waals surface area contributed by atoms with Crippen LogP contribution in [-0.4, -0.2) is 46.4 Å². The molecule has 0 saturated carbocycles. The molecule has 0 spiro atoms. The zero-order valence-corrected chi connectivity index (χ0v) is 18.1. The van der Waals surface area contributed by atoms with Gasteiger partial charge in [0.25, 0.3) is 0 Å². The number of carbonyl (C=O) groups excluding carboxylic acids is 1. The topological polar surface area (TPSA) is 39.3 Å². The van der Waals surface area contributed by atoms with Crippen LogP contribution in [0.1, 0.15) is 30.5 Å². The van der Waals surface area contributed by atoms with Crippen LogP contribution in [0.15, 0.2) is 54.7 Å². The Kier molecular flexibility index (Phi) is 5.14. The molecule has 2 aliphatic rings. The summed E-state index contributed by atoms with van der Waals surface area (Å²) in [6, 6.07) is 13.3. The molecular weight excluding hydrogens is 389 g/mol. The molecule has 1 N–H and O–H groups in total. The van der Waals surface area contributed by atoms with Crippen molar-refractivity contribution in [2.24, 2.45) is 5.92 Å². The van der Waals surface area contributed by atoms with Crippen LogP contribution in [-0.2, 0) is 17.8 Å². The van der Waals surface area contributed by atoms with Gasteiger partial charge in [-0.25, -0.2) is 4.39 Å². The number of hydrogen-bond acceptors (Lipinski definition) is 2. The average molecular weight is 418 g/mol. The van der Waals surface area contributed by atoms with Gasteiger partial charge in [0, 0.05) is 49.3 Å². The predicted octanol–water partition coefficient (Wildman–Crippen LogP) is 4.62. The van der Waals surface area contributed by atoms with Crippen molar-refractivity contribution in [1.29, 1.82) is 0 Å². The summed E-state index contributed by atoms with van der Waals surface area (Å²) in [5.74, 6) is -0.245. The van der Waals surface area contributed by atoms with Crippen LogP contribution < -0.4 is 0 Å². The normalized spacial score (nSPS) is 20.4. The second-order valence-corrected chi connectivity index (χ2v) is 8.56. The monoisotopic (exact) mass is 417 g/mol. The first kappa shape index (κ1) is 20.0. The highest BCUT2D eigenvalue weighted by Crippen LogP contribution is 2.42. The van der Waals surface area contributed by atoms with Gasteiger partial charge in [-0.15, -0.1) is 0 Å². The maximum Gasteiger partial charge on any atom is 0.230 e. The second-order valence-electron chi connectivity index (χ2n) is 8.56. The lowest BCUT2D eigenvalue weighted by Crippen LogP contribution is -2.48. The molecule has 0 fully saturated rings. The van der Waals surface area contributed by atoms with Crippen molar-refractivity contribution >= 4 is 22.4 Å². The summed E-state index contributed by atoms with van der Waals surface area (Å²) in [6.07, 6.45) is 5.21. The molecule has 2 atom stereocenters. The van der Waals surface area contributed by atoms with E-state index in [2.05, 4.69) is 40.4 Å². The van der Waals surface area contributed by atoms with E-state index < -0.39 is 0 Å². The molecule has 4 nitrogen and oxygen atoms in total. The number of aromatic nitrogens is 1. The van der Waals surface area contributed by atoms with E-state index in [0.29, 0.717) is 26.2 Å². The Hall–Kier alpha value is -2.92. The van der Waals surface area contributed by atoms with Gasteiger partial charge in [-0.3, -0.25) is 9.69 Å². The molecule has 0 radical (unpaired) electrons. The third-order valence-corrected chi connectivity index (χ3v) is 6.79. The lowest BCUT2D eigenvalue weighted by atomic mass is 9.79. The molecule has 5 heteroatoms. The van der Waals surface area contributed by atoms with E-state index in [1.54, 1.807) is 12.1 Å². The molecule has 31 heavy (non-hydrogen) atoms. The number of rotatable bonds is 5. The summed E-state index contributed by atoms with van der Waals surface area (Å²) in [5, 5.41) is 1.27. The summed E-state index contributed by atoms with van der Waals surface area (Å²) in [7, 11) is 0. The summed E-state index contributed by atoms with van der Waals surface area (Å²) < 4.78 is 13.9. The lowest BCUT2D eigenvalue weighted by Gasteiger charge is -2.42. The van der Waals surface area contributed by atoms with Crippen molar-refractivity contribution in [1.82, 2.24) is 14.8 Å². The van der Waals surface area contributed by atoms with E-state index in [0.717, 1.165) is 17.5 Å². The molecular formula is C26H28FN3O. The summed E-state index contributed by atoms with van der Waals surface area (Å²) in [6.45, 7) is 6.74. The van der Waals surface area contributed by atoms with Crippen molar-refractivity contribution in [2.75, 3.05) is 19.6 Å². The van der Waals surface area contributed by atoms with Crippen LogP contribution in [0.4, 0.5) is 4.39 Å². The fourth-order valence-corrected chi connectivity index (χ4v) is 5.29. The maximum atomic E-state index is 13.9. The zero-order chi connectivity index (χ0) is 21.5. The van der Waals surface area contributed by atoms with Crippen LogP contribution in [0.25, 0.3) is 16.5 Å². The minimum atomic E-state index is -0.220. The lowest BCUT2D eigenvalue weighted by molar-refractivity contribution is -0.134. The number of nitrogens with zero attached hydrogens (tertiary/aromatic N) is 2. The molecule has 1 amide bonds. The van der Waals surface area contributed by atoms with E-state index >= 15 is 0 Å². The molecule has 2 heterocycles. The maximum absolute atomic E-state index is 13.9. The fraction of sp³-hybridized carbons (Fsp3) is 0.346. The first-order valence-electron chi connectivity index (χ1n) is 11.2. The highest BCUT2D eigenvalue weighted by molar-refractivity contribution is 5.99. The first-order valence-corrected chi connectivity index (χ1v) is 11.2. The molecule has 0 unspecified atom stereocenters. The van der Waals surface area contributed by atoms with Crippen LogP contribution in [0.5, 0.6) is 0 Å². The molecule has 3 aromatic rings. The molecule has 0 bridgehead atoms. The van der Waals surface area contributed by atoms with Gasteiger partial charge >= 0.3 is 0 Å². The third-order valence-electron chi connectivity index (χ3n) is 6.79. The third kappa shape index (κ3) is 3.47. The number of aromatic amines is 1. The Morgan fingerprint density at radius 3 is 2.77 bits per heavy atom. The number of carbonyl (C=O) groups is 1. The molecule has 5 rings (SSSR count). The number of amides is 1. The zero-order valence-electron chi connectivity index (χ0n) is 18.1. The number of H-pyrrole nitrogens is 1. The van der Waals surface area contributed by atoms with E-state index in [4.69, 9.17) is 0 Å². The van der Waals surface area contributed by atoms with Gasteiger partial charge in [-0.2, -0.15) is 0 Å². The highest BCUT2D eigenvalue weighted by Gasteiger charge is 2.38. The number of fused-ring (bicyclic) bond motifs is 2. The Morgan fingerprint density at radius 2 is 2.00 bits per heavy atom. The smallest absolute Gasteiger partial charge is 0.230 e. The van der Waals surface area contributed by atoms with Gasteiger partial charge in [-0.05, 0) is 60.7 Å². The minimum Gasteiger partial charge on any atom is -0.361 e. The molecule has 0 saturated heterocycles.